The lowest BCUT2D eigenvalue weighted by Gasteiger charge is -2.05. The molecule has 0 radical (unpaired) electrons. The minimum absolute atomic E-state index is 0.327. The molecular weight excluding hydrogens is 348 g/mol. The fourth-order valence-electron chi connectivity index (χ4n) is 3.15. The van der Waals surface area contributed by atoms with Crippen molar-refractivity contribution < 1.29 is 14.3 Å². The van der Waals surface area contributed by atoms with Crippen LogP contribution in [0.15, 0.2) is 78.4 Å². The lowest BCUT2D eigenvalue weighted by atomic mass is 10.1. The number of fused-ring (bicyclic) bond motifs is 1. The second-order valence-electron chi connectivity index (χ2n) is 6.83. The highest BCUT2D eigenvalue weighted by Gasteiger charge is 2.22. The number of rotatable bonds is 6. The van der Waals surface area contributed by atoms with Gasteiger partial charge in [0.1, 0.15) is 11.5 Å². The van der Waals surface area contributed by atoms with Gasteiger partial charge in [0.25, 0.3) is 0 Å². The molecule has 0 saturated carbocycles. The van der Waals surface area contributed by atoms with Gasteiger partial charge >= 0.3 is 5.97 Å². The van der Waals surface area contributed by atoms with Crippen molar-refractivity contribution in [2.24, 2.45) is 0 Å². The predicted molar refractivity (Wildman–Crippen MR) is 113 cm³/mol. The largest absolute Gasteiger partial charge is 0.494 e. The number of benzene rings is 3. The predicted octanol–water partition coefficient (Wildman–Crippen LogP) is 6.00. The van der Waals surface area contributed by atoms with Gasteiger partial charge in [-0.05, 0) is 53.1 Å². The van der Waals surface area contributed by atoms with E-state index >= 15 is 0 Å². The molecule has 140 valence electrons. The van der Waals surface area contributed by atoms with Gasteiger partial charge in [-0.1, -0.05) is 61.9 Å². The number of hydrogen-bond donors (Lipinski definition) is 0. The summed E-state index contributed by atoms with van der Waals surface area (Å²) in [6, 6.07) is 21.9. The molecule has 0 N–H and O–H groups in total. The van der Waals surface area contributed by atoms with Gasteiger partial charge in [0.15, 0.2) is 0 Å². The molecule has 3 heteroatoms. The molecule has 0 atom stereocenters. The minimum atomic E-state index is -0.327. The molecule has 1 aliphatic heterocycles. The van der Waals surface area contributed by atoms with Crippen molar-refractivity contribution in [1.82, 2.24) is 0 Å². The Morgan fingerprint density at radius 1 is 0.964 bits per heavy atom. The number of unbranched alkanes of at least 4 members (excludes halogenated alkanes) is 1. The Balaban J connectivity index is 1.54. The number of carbonyl (C=O) groups excluding carboxylic acids is 1. The van der Waals surface area contributed by atoms with E-state index < -0.39 is 0 Å². The highest BCUT2D eigenvalue weighted by Crippen LogP contribution is 2.29. The third kappa shape index (κ3) is 3.99. The van der Waals surface area contributed by atoms with Crippen LogP contribution >= 0.6 is 0 Å². The fourth-order valence-corrected chi connectivity index (χ4v) is 3.15. The van der Waals surface area contributed by atoms with Gasteiger partial charge in [0.2, 0.25) is 0 Å². The molecule has 3 aromatic rings. The van der Waals surface area contributed by atoms with Crippen molar-refractivity contribution in [1.29, 1.82) is 0 Å². The molecule has 1 heterocycles. The van der Waals surface area contributed by atoms with E-state index in [1.54, 1.807) is 6.08 Å². The van der Waals surface area contributed by atoms with E-state index in [2.05, 4.69) is 19.1 Å². The van der Waals surface area contributed by atoms with Crippen LogP contribution in [0.2, 0.25) is 0 Å². The molecule has 0 aliphatic carbocycles. The summed E-state index contributed by atoms with van der Waals surface area (Å²) in [7, 11) is 0. The molecule has 0 unspecified atom stereocenters. The first kappa shape index (κ1) is 18.1. The summed E-state index contributed by atoms with van der Waals surface area (Å²) in [4.78, 5) is 12.3. The summed E-state index contributed by atoms with van der Waals surface area (Å²) in [5, 5.41) is 2.28. The van der Waals surface area contributed by atoms with E-state index in [0.29, 0.717) is 11.3 Å². The van der Waals surface area contributed by atoms with Crippen LogP contribution in [0.5, 0.6) is 5.75 Å². The summed E-state index contributed by atoms with van der Waals surface area (Å²) in [5.41, 5.74) is 2.38. The Kier molecular flexibility index (Phi) is 5.24. The maximum Gasteiger partial charge on any atom is 0.343 e. The zero-order chi connectivity index (χ0) is 19.3. The lowest BCUT2D eigenvalue weighted by Crippen LogP contribution is -1.97. The average Bonchev–Trinajstić information content (AvgIpc) is 3.09. The molecule has 0 fully saturated rings. The molecule has 28 heavy (non-hydrogen) atoms. The number of esters is 1. The normalized spacial score (nSPS) is 15.0. The van der Waals surface area contributed by atoms with Gasteiger partial charge in [0, 0.05) is 5.56 Å². The fraction of sp³-hybridized carbons (Fsp3) is 0.160. The van der Waals surface area contributed by atoms with Crippen molar-refractivity contribution in [2.75, 3.05) is 6.61 Å². The number of carbonyl (C=O) groups is 1. The molecule has 4 rings (SSSR count). The monoisotopic (exact) mass is 370 g/mol. The Morgan fingerprint density at radius 3 is 2.54 bits per heavy atom. The quantitative estimate of drug-likeness (QED) is 0.303. The minimum Gasteiger partial charge on any atom is -0.494 e. The second-order valence-corrected chi connectivity index (χ2v) is 6.83. The third-order valence-corrected chi connectivity index (χ3v) is 4.73. The van der Waals surface area contributed by atoms with Crippen LogP contribution in [-0.4, -0.2) is 12.6 Å². The van der Waals surface area contributed by atoms with Gasteiger partial charge in [0.05, 0.1) is 12.2 Å². The van der Waals surface area contributed by atoms with Crippen LogP contribution in [0.3, 0.4) is 0 Å². The Morgan fingerprint density at radius 2 is 1.75 bits per heavy atom. The van der Waals surface area contributed by atoms with E-state index in [-0.39, 0.29) is 5.97 Å². The molecule has 0 saturated heterocycles. The van der Waals surface area contributed by atoms with Crippen molar-refractivity contribution in [3.8, 4) is 5.75 Å². The Labute approximate surface area is 164 Å². The second kappa shape index (κ2) is 8.13. The molecule has 0 aromatic heterocycles. The van der Waals surface area contributed by atoms with E-state index in [1.165, 1.54) is 0 Å². The molecule has 3 nitrogen and oxygen atoms in total. The Bertz CT molecular complexity index is 1060. The summed E-state index contributed by atoms with van der Waals surface area (Å²) < 4.78 is 11.2. The first-order valence-corrected chi connectivity index (χ1v) is 9.60. The highest BCUT2D eigenvalue weighted by atomic mass is 16.5. The van der Waals surface area contributed by atoms with Gasteiger partial charge in [-0.25, -0.2) is 4.79 Å². The summed E-state index contributed by atoms with van der Waals surface area (Å²) in [5.74, 6) is 1.10. The van der Waals surface area contributed by atoms with E-state index in [9.17, 15) is 4.79 Å². The lowest BCUT2D eigenvalue weighted by molar-refractivity contribution is -0.130. The Hall–Kier alpha value is -3.33. The van der Waals surface area contributed by atoms with E-state index in [1.807, 2.05) is 60.7 Å². The molecule has 1 aliphatic rings. The number of cyclic esters (lactones) is 1. The summed E-state index contributed by atoms with van der Waals surface area (Å²) in [6.07, 6.45) is 5.79. The standard InChI is InChI=1S/C25H22O3/c1-2-3-14-27-23-12-8-18(9-13-23)15-22-17-24(28-25(22)26)21-11-10-19-6-4-5-7-20(19)16-21/h4-13,15-17H,2-3,14H2,1H3/b22-15-. The zero-order valence-corrected chi connectivity index (χ0v) is 15.9. The van der Waals surface area contributed by atoms with Crippen molar-refractivity contribution >= 4 is 28.6 Å². The molecule has 0 amide bonds. The van der Waals surface area contributed by atoms with Gasteiger partial charge in [-0.2, -0.15) is 0 Å². The zero-order valence-electron chi connectivity index (χ0n) is 15.9. The molecule has 0 spiro atoms. The van der Waals surface area contributed by atoms with Crippen molar-refractivity contribution in [2.45, 2.75) is 19.8 Å². The van der Waals surface area contributed by atoms with Gasteiger partial charge in [-0.15, -0.1) is 0 Å². The van der Waals surface area contributed by atoms with Crippen LogP contribution < -0.4 is 4.74 Å². The van der Waals surface area contributed by atoms with Crippen LogP contribution in [0.4, 0.5) is 0 Å². The smallest absolute Gasteiger partial charge is 0.343 e. The van der Waals surface area contributed by atoms with Crippen molar-refractivity contribution in [3.05, 3.63) is 89.5 Å². The molecule has 3 aromatic carbocycles. The van der Waals surface area contributed by atoms with Crippen LogP contribution in [-0.2, 0) is 9.53 Å². The molecule has 0 bridgehead atoms. The topological polar surface area (TPSA) is 35.5 Å². The third-order valence-electron chi connectivity index (χ3n) is 4.73. The summed E-state index contributed by atoms with van der Waals surface area (Å²) >= 11 is 0. The van der Waals surface area contributed by atoms with Crippen LogP contribution in [0, 0.1) is 0 Å². The van der Waals surface area contributed by atoms with E-state index in [4.69, 9.17) is 9.47 Å². The average molecular weight is 370 g/mol. The first-order valence-electron chi connectivity index (χ1n) is 9.60. The molecular formula is C25H22O3. The van der Waals surface area contributed by atoms with Crippen molar-refractivity contribution in [3.63, 3.8) is 0 Å². The number of ether oxygens (including phenoxy) is 2. The van der Waals surface area contributed by atoms with Gasteiger partial charge < -0.3 is 9.47 Å². The first-order chi connectivity index (χ1) is 13.7. The SMILES string of the molecule is CCCCOc1ccc(/C=C2/C=C(c3ccc4ccccc4c3)OC2=O)cc1. The van der Waals surface area contributed by atoms with Crippen LogP contribution in [0.25, 0.3) is 22.6 Å². The maximum atomic E-state index is 12.3. The van der Waals surface area contributed by atoms with Crippen LogP contribution in [0.1, 0.15) is 30.9 Å². The van der Waals surface area contributed by atoms with E-state index in [0.717, 1.165) is 47.1 Å². The number of hydrogen-bond acceptors (Lipinski definition) is 3. The highest BCUT2D eigenvalue weighted by molar-refractivity contribution is 6.05. The van der Waals surface area contributed by atoms with Gasteiger partial charge in [-0.3, -0.25) is 0 Å². The summed E-state index contributed by atoms with van der Waals surface area (Å²) in [6.45, 7) is 2.86. The maximum absolute atomic E-state index is 12.3.